The summed E-state index contributed by atoms with van der Waals surface area (Å²) in [6.45, 7) is 2.25. The normalized spacial score (nSPS) is 19.7. The summed E-state index contributed by atoms with van der Waals surface area (Å²) >= 11 is 0. The predicted molar refractivity (Wildman–Crippen MR) is 95.6 cm³/mol. The molecule has 8 nitrogen and oxygen atoms in total. The van der Waals surface area contributed by atoms with Gasteiger partial charge in [-0.1, -0.05) is 0 Å². The first-order valence-electron chi connectivity index (χ1n) is 9.06. The first kappa shape index (κ1) is 18.6. The summed E-state index contributed by atoms with van der Waals surface area (Å²) in [4.78, 5) is 30.4. The molecule has 1 aromatic rings. The van der Waals surface area contributed by atoms with Crippen LogP contribution < -0.4 is 11.1 Å². The molecule has 1 atom stereocenters. The number of nitrogens with zero attached hydrogens (tertiary/aromatic N) is 2. The SMILES string of the molecule is CNC(=O)c1cc2c(nc1N)CCN(C(=O)COC[C@@H]1CCCCO1)C2. The molecule has 0 saturated carbocycles. The van der Waals surface area contributed by atoms with Gasteiger partial charge in [-0.05, 0) is 30.9 Å². The highest BCUT2D eigenvalue weighted by atomic mass is 16.5. The van der Waals surface area contributed by atoms with Crippen molar-refractivity contribution >= 4 is 17.6 Å². The van der Waals surface area contributed by atoms with E-state index in [2.05, 4.69) is 10.3 Å². The minimum Gasteiger partial charge on any atom is -0.383 e. The van der Waals surface area contributed by atoms with E-state index in [1.165, 1.54) is 0 Å². The molecule has 1 saturated heterocycles. The molecular weight excluding hydrogens is 336 g/mol. The molecule has 8 heteroatoms. The summed E-state index contributed by atoms with van der Waals surface area (Å²) in [6.07, 6.45) is 3.94. The van der Waals surface area contributed by atoms with Crippen molar-refractivity contribution in [3.63, 3.8) is 0 Å². The molecule has 0 aliphatic carbocycles. The van der Waals surface area contributed by atoms with E-state index in [0.29, 0.717) is 31.7 Å². The third-order valence-electron chi connectivity index (χ3n) is 4.83. The van der Waals surface area contributed by atoms with Crippen LogP contribution in [-0.4, -0.2) is 61.2 Å². The maximum atomic E-state index is 12.4. The Bertz CT molecular complexity index is 673. The largest absolute Gasteiger partial charge is 0.383 e. The second kappa shape index (κ2) is 8.46. The molecule has 0 bridgehead atoms. The predicted octanol–water partition coefficient (Wildman–Crippen LogP) is 0.494. The third-order valence-corrected chi connectivity index (χ3v) is 4.83. The van der Waals surface area contributed by atoms with Gasteiger partial charge in [-0.2, -0.15) is 0 Å². The molecule has 3 heterocycles. The van der Waals surface area contributed by atoms with Crippen LogP contribution in [0.4, 0.5) is 5.82 Å². The molecule has 0 aromatic carbocycles. The van der Waals surface area contributed by atoms with Crippen molar-refractivity contribution in [1.82, 2.24) is 15.2 Å². The second-order valence-corrected chi connectivity index (χ2v) is 6.68. The lowest BCUT2D eigenvalue weighted by Crippen LogP contribution is -2.39. The maximum absolute atomic E-state index is 12.4. The number of fused-ring (bicyclic) bond motifs is 1. The molecule has 1 fully saturated rings. The van der Waals surface area contributed by atoms with Crippen molar-refractivity contribution in [2.75, 3.05) is 39.1 Å². The zero-order chi connectivity index (χ0) is 18.5. The Morgan fingerprint density at radius 2 is 2.31 bits per heavy atom. The van der Waals surface area contributed by atoms with Gasteiger partial charge in [-0.15, -0.1) is 0 Å². The van der Waals surface area contributed by atoms with E-state index in [4.69, 9.17) is 15.2 Å². The van der Waals surface area contributed by atoms with Crippen molar-refractivity contribution in [3.05, 3.63) is 22.9 Å². The number of ether oxygens (including phenoxy) is 2. The summed E-state index contributed by atoms with van der Waals surface area (Å²) in [6, 6.07) is 1.73. The van der Waals surface area contributed by atoms with Crippen molar-refractivity contribution in [3.8, 4) is 0 Å². The average Bonchev–Trinajstić information content (AvgIpc) is 2.67. The molecule has 26 heavy (non-hydrogen) atoms. The van der Waals surface area contributed by atoms with Crippen LogP contribution in [0.25, 0.3) is 0 Å². The van der Waals surface area contributed by atoms with Crippen LogP contribution in [0, 0.1) is 0 Å². The number of pyridine rings is 1. The summed E-state index contributed by atoms with van der Waals surface area (Å²) < 4.78 is 11.2. The van der Waals surface area contributed by atoms with Crippen molar-refractivity contribution in [2.24, 2.45) is 0 Å². The Labute approximate surface area is 153 Å². The van der Waals surface area contributed by atoms with E-state index in [1.54, 1.807) is 18.0 Å². The molecule has 142 valence electrons. The van der Waals surface area contributed by atoms with E-state index < -0.39 is 0 Å². The van der Waals surface area contributed by atoms with Gasteiger partial charge in [-0.25, -0.2) is 4.98 Å². The number of aromatic nitrogens is 1. The fourth-order valence-electron chi connectivity index (χ4n) is 3.33. The highest BCUT2D eigenvalue weighted by molar-refractivity contribution is 5.98. The Morgan fingerprint density at radius 3 is 3.04 bits per heavy atom. The molecule has 0 spiro atoms. The van der Waals surface area contributed by atoms with E-state index in [9.17, 15) is 9.59 Å². The minimum absolute atomic E-state index is 0.0416. The Kier molecular flexibility index (Phi) is 6.05. The fourth-order valence-corrected chi connectivity index (χ4v) is 3.33. The monoisotopic (exact) mass is 362 g/mol. The highest BCUT2D eigenvalue weighted by Crippen LogP contribution is 2.22. The van der Waals surface area contributed by atoms with Crippen LogP contribution >= 0.6 is 0 Å². The third kappa shape index (κ3) is 4.31. The van der Waals surface area contributed by atoms with Crippen LogP contribution in [0.3, 0.4) is 0 Å². The number of nitrogens with one attached hydrogen (secondary N) is 1. The molecule has 2 aliphatic heterocycles. The lowest BCUT2D eigenvalue weighted by molar-refractivity contribution is -0.139. The molecular formula is C18H26N4O4. The van der Waals surface area contributed by atoms with Gasteiger partial charge in [0.1, 0.15) is 12.4 Å². The first-order valence-corrected chi connectivity index (χ1v) is 9.06. The molecule has 3 N–H and O–H groups in total. The number of nitrogens with two attached hydrogens (primary N) is 1. The summed E-state index contributed by atoms with van der Waals surface area (Å²) in [5, 5.41) is 2.55. The molecule has 3 rings (SSSR count). The van der Waals surface area contributed by atoms with Crippen LogP contribution in [-0.2, 0) is 27.2 Å². The number of rotatable bonds is 5. The summed E-state index contributed by atoms with van der Waals surface area (Å²) in [5.74, 6) is -0.125. The fraction of sp³-hybridized carbons (Fsp3) is 0.611. The van der Waals surface area contributed by atoms with Crippen molar-refractivity contribution in [1.29, 1.82) is 0 Å². The van der Waals surface area contributed by atoms with Gasteiger partial charge in [-0.3, -0.25) is 9.59 Å². The lowest BCUT2D eigenvalue weighted by atomic mass is 10.0. The zero-order valence-electron chi connectivity index (χ0n) is 15.1. The number of carbonyl (C=O) groups is 2. The number of anilines is 1. The van der Waals surface area contributed by atoms with Gasteiger partial charge >= 0.3 is 0 Å². The van der Waals surface area contributed by atoms with Crippen molar-refractivity contribution in [2.45, 2.75) is 38.3 Å². The number of nitrogen functional groups attached to an aromatic ring is 1. The van der Waals surface area contributed by atoms with E-state index in [-0.39, 0.29) is 30.3 Å². The number of amides is 2. The summed E-state index contributed by atoms with van der Waals surface area (Å²) in [5.41, 5.74) is 7.90. The van der Waals surface area contributed by atoms with Crippen LogP contribution in [0.2, 0.25) is 0 Å². The Balaban J connectivity index is 1.56. The van der Waals surface area contributed by atoms with Gasteiger partial charge in [0.25, 0.3) is 5.91 Å². The van der Waals surface area contributed by atoms with Gasteiger partial charge in [0.2, 0.25) is 5.91 Å². The van der Waals surface area contributed by atoms with Crippen LogP contribution in [0.1, 0.15) is 40.9 Å². The molecule has 0 unspecified atom stereocenters. The Morgan fingerprint density at radius 1 is 1.46 bits per heavy atom. The second-order valence-electron chi connectivity index (χ2n) is 6.68. The standard InChI is InChI=1S/C18H26N4O4/c1-20-18(24)14-8-12-9-22(6-5-15(12)21-17(14)19)16(23)11-25-10-13-4-2-3-7-26-13/h8,13H,2-7,9-11H2,1H3,(H2,19,21)(H,20,24)/t13-/m0/s1. The van der Waals surface area contributed by atoms with Gasteiger partial charge in [0.05, 0.1) is 18.3 Å². The number of carbonyl (C=O) groups excluding carboxylic acids is 2. The van der Waals surface area contributed by atoms with Gasteiger partial charge in [0.15, 0.2) is 0 Å². The maximum Gasteiger partial charge on any atom is 0.254 e. The highest BCUT2D eigenvalue weighted by Gasteiger charge is 2.24. The van der Waals surface area contributed by atoms with E-state index >= 15 is 0 Å². The Hall–Kier alpha value is -2.19. The first-order chi connectivity index (χ1) is 12.6. The smallest absolute Gasteiger partial charge is 0.254 e. The molecule has 0 radical (unpaired) electrons. The average molecular weight is 362 g/mol. The van der Waals surface area contributed by atoms with Crippen LogP contribution in [0.5, 0.6) is 0 Å². The summed E-state index contributed by atoms with van der Waals surface area (Å²) in [7, 11) is 1.55. The molecule has 2 amide bonds. The topological polar surface area (TPSA) is 107 Å². The lowest BCUT2D eigenvalue weighted by Gasteiger charge is -2.29. The van der Waals surface area contributed by atoms with E-state index in [1.807, 2.05) is 0 Å². The quantitative estimate of drug-likeness (QED) is 0.790. The van der Waals surface area contributed by atoms with E-state index in [0.717, 1.165) is 37.1 Å². The van der Waals surface area contributed by atoms with Gasteiger partial charge in [0, 0.05) is 38.9 Å². The number of hydrogen-bond acceptors (Lipinski definition) is 6. The number of hydrogen-bond donors (Lipinski definition) is 2. The van der Waals surface area contributed by atoms with Crippen LogP contribution in [0.15, 0.2) is 6.07 Å². The van der Waals surface area contributed by atoms with Crippen molar-refractivity contribution < 1.29 is 19.1 Å². The minimum atomic E-state index is -0.280. The molecule has 1 aromatic heterocycles. The molecule has 2 aliphatic rings. The van der Waals surface area contributed by atoms with Gasteiger partial charge < -0.3 is 25.4 Å². The zero-order valence-corrected chi connectivity index (χ0v) is 15.1.